The van der Waals surface area contributed by atoms with E-state index in [1.54, 1.807) is 0 Å². The van der Waals surface area contributed by atoms with Gasteiger partial charge in [-0.05, 0) is 33.6 Å². The first kappa shape index (κ1) is 13.0. The zero-order chi connectivity index (χ0) is 12.5. The van der Waals surface area contributed by atoms with E-state index in [4.69, 9.17) is 0 Å². The first-order valence-electron chi connectivity index (χ1n) is 7.00. The third-order valence-electron chi connectivity index (χ3n) is 4.23. The third-order valence-corrected chi connectivity index (χ3v) is 4.23. The maximum Gasteiger partial charge on any atom is 0.149 e. The molecule has 0 N–H and O–H groups in total. The molecule has 98 valence electrons. The Morgan fingerprint density at radius 2 is 1.71 bits per heavy atom. The Labute approximate surface area is 105 Å². The molecule has 3 heteroatoms. The van der Waals surface area contributed by atoms with E-state index < -0.39 is 0 Å². The predicted molar refractivity (Wildman–Crippen MR) is 70.2 cm³/mol. The van der Waals surface area contributed by atoms with Crippen LogP contribution in [0.4, 0.5) is 0 Å². The molecule has 0 aromatic carbocycles. The van der Waals surface area contributed by atoms with Gasteiger partial charge in [0.15, 0.2) is 0 Å². The van der Waals surface area contributed by atoms with Crippen molar-refractivity contribution in [3.05, 3.63) is 0 Å². The van der Waals surface area contributed by atoms with E-state index in [-0.39, 0.29) is 11.6 Å². The lowest BCUT2D eigenvalue weighted by atomic mass is 9.92. The van der Waals surface area contributed by atoms with Crippen LogP contribution in [0.3, 0.4) is 0 Å². The lowest BCUT2D eigenvalue weighted by molar-refractivity contribution is -0.127. The standard InChI is InChI=1S/C14H26N2O/c1-14(2,3)16-10-8-15(9-11-16)12-6-4-5-7-13(12)17/h12H,4-11H2,1-3H3. The molecule has 0 bridgehead atoms. The van der Waals surface area contributed by atoms with Crippen molar-refractivity contribution in [1.29, 1.82) is 0 Å². The van der Waals surface area contributed by atoms with Crippen molar-refractivity contribution in [2.45, 2.75) is 58.0 Å². The number of ketones is 1. The molecule has 1 atom stereocenters. The van der Waals surface area contributed by atoms with Gasteiger partial charge in [0.1, 0.15) is 5.78 Å². The van der Waals surface area contributed by atoms with Crippen LogP contribution in [0.25, 0.3) is 0 Å². The van der Waals surface area contributed by atoms with Crippen LogP contribution in [0.1, 0.15) is 46.5 Å². The van der Waals surface area contributed by atoms with Gasteiger partial charge in [0, 0.05) is 38.1 Å². The van der Waals surface area contributed by atoms with Gasteiger partial charge in [0.05, 0.1) is 6.04 Å². The first-order chi connectivity index (χ1) is 7.98. The molecule has 0 spiro atoms. The molecule has 1 unspecified atom stereocenters. The van der Waals surface area contributed by atoms with Gasteiger partial charge in [-0.3, -0.25) is 14.6 Å². The maximum absolute atomic E-state index is 11.9. The van der Waals surface area contributed by atoms with E-state index in [2.05, 4.69) is 30.6 Å². The molecule has 3 nitrogen and oxygen atoms in total. The van der Waals surface area contributed by atoms with Crippen molar-refractivity contribution in [2.24, 2.45) is 0 Å². The fourth-order valence-corrected chi connectivity index (χ4v) is 3.06. The van der Waals surface area contributed by atoms with Gasteiger partial charge in [0.25, 0.3) is 0 Å². The minimum Gasteiger partial charge on any atom is -0.298 e. The van der Waals surface area contributed by atoms with Crippen LogP contribution in [0, 0.1) is 0 Å². The highest BCUT2D eigenvalue weighted by Crippen LogP contribution is 2.23. The smallest absolute Gasteiger partial charge is 0.149 e. The average Bonchev–Trinajstić information content (AvgIpc) is 2.29. The summed E-state index contributed by atoms with van der Waals surface area (Å²) in [6, 6.07) is 0.242. The summed E-state index contributed by atoms with van der Waals surface area (Å²) in [5, 5.41) is 0. The summed E-state index contributed by atoms with van der Waals surface area (Å²) in [5.41, 5.74) is 0.267. The molecule has 0 aromatic rings. The Bertz CT molecular complexity index is 274. The fourth-order valence-electron chi connectivity index (χ4n) is 3.06. The molecular formula is C14H26N2O. The number of hydrogen-bond donors (Lipinski definition) is 0. The highest BCUT2D eigenvalue weighted by atomic mass is 16.1. The zero-order valence-corrected chi connectivity index (χ0v) is 11.5. The van der Waals surface area contributed by atoms with Crippen molar-refractivity contribution in [1.82, 2.24) is 9.80 Å². The van der Waals surface area contributed by atoms with Gasteiger partial charge < -0.3 is 0 Å². The molecule has 0 radical (unpaired) electrons. The van der Waals surface area contributed by atoms with Gasteiger partial charge in [-0.1, -0.05) is 6.42 Å². The van der Waals surface area contributed by atoms with Gasteiger partial charge >= 0.3 is 0 Å². The molecule has 0 amide bonds. The second kappa shape index (κ2) is 5.07. The van der Waals surface area contributed by atoms with E-state index in [1.165, 1.54) is 6.42 Å². The van der Waals surface area contributed by atoms with Crippen LogP contribution < -0.4 is 0 Å². The Morgan fingerprint density at radius 3 is 2.24 bits per heavy atom. The summed E-state index contributed by atoms with van der Waals surface area (Å²) >= 11 is 0. The molecule has 1 heterocycles. The Morgan fingerprint density at radius 1 is 1.06 bits per heavy atom. The third kappa shape index (κ3) is 3.08. The van der Waals surface area contributed by atoms with Crippen molar-refractivity contribution in [3.63, 3.8) is 0 Å². The second-order valence-corrected chi connectivity index (χ2v) is 6.42. The van der Waals surface area contributed by atoms with Crippen LogP contribution in [0.15, 0.2) is 0 Å². The number of carbonyl (C=O) groups excluding carboxylic acids is 1. The Kier molecular flexibility index (Phi) is 3.88. The average molecular weight is 238 g/mol. The van der Waals surface area contributed by atoms with Crippen LogP contribution in [-0.2, 0) is 4.79 Å². The van der Waals surface area contributed by atoms with Gasteiger partial charge in [-0.2, -0.15) is 0 Å². The van der Waals surface area contributed by atoms with E-state index in [9.17, 15) is 4.79 Å². The van der Waals surface area contributed by atoms with Crippen molar-refractivity contribution in [3.8, 4) is 0 Å². The summed E-state index contributed by atoms with van der Waals surface area (Å²) in [4.78, 5) is 16.9. The highest BCUT2D eigenvalue weighted by Gasteiger charge is 2.32. The number of rotatable bonds is 1. The lowest BCUT2D eigenvalue weighted by Gasteiger charge is -2.44. The maximum atomic E-state index is 11.9. The van der Waals surface area contributed by atoms with Crippen molar-refractivity contribution >= 4 is 5.78 Å². The Hall–Kier alpha value is -0.410. The largest absolute Gasteiger partial charge is 0.298 e. The van der Waals surface area contributed by atoms with Crippen molar-refractivity contribution in [2.75, 3.05) is 26.2 Å². The SMILES string of the molecule is CC(C)(C)N1CCN(C2CCCCC2=O)CC1. The zero-order valence-electron chi connectivity index (χ0n) is 11.5. The van der Waals surface area contributed by atoms with Crippen LogP contribution in [0.2, 0.25) is 0 Å². The van der Waals surface area contributed by atoms with Gasteiger partial charge in [-0.15, -0.1) is 0 Å². The molecule has 1 aliphatic heterocycles. The predicted octanol–water partition coefficient (Wildman–Crippen LogP) is 1.91. The molecule has 1 saturated heterocycles. The van der Waals surface area contributed by atoms with E-state index >= 15 is 0 Å². The molecule has 2 rings (SSSR count). The van der Waals surface area contributed by atoms with E-state index in [0.29, 0.717) is 5.78 Å². The molecule has 1 saturated carbocycles. The quantitative estimate of drug-likeness (QED) is 0.697. The molecule has 17 heavy (non-hydrogen) atoms. The van der Waals surface area contributed by atoms with E-state index in [1.807, 2.05) is 0 Å². The number of hydrogen-bond acceptors (Lipinski definition) is 3. The topological polar surface area (TPSA) is 23.6 Å². The molecule has 2 fully saturated rings. The number of piperazine rings is 1. The number of carbonyl (C=O) groups is 1. The lowest BCUT2D eigenvalue weighted by Crippen LogP contribution is -2.57. The fraction of sp³-hybridized carbons (Fsp3) is 0.929. The minimum atomic E-state index is 0.242. The molecule has 1 aliphatic carbocycles. The number of nitrogens with zero attached hydrogens (tertiary/aromatic N) is 2. The number of Topliss-reactive ketones (excluding diaryl/α,β-unsaturated/α-hetero) is 1. The molecule has 2 aliphatic rings. The highest BCUT2D eigenvalue weighted by molar-refractivity contribution is 5.84. The summed E-state index contributed by atoms with van der Waals surface area (Å²) in [6.07, 6.45) is 4.24. The van der Waals surface area contributed by atoms with Gasteiger partial charge in [0.2, 0.25) is 0 Å². The molecule has 0 aromatic heterocycles. The minimum absolute atomic E-state index is 0.242. The van der Waals surface area contributed by atoms with Gasteiger partial charge in [-0.25, -0.2) is 0 Å². The summed E-state index contributed by atoms with van der Waals surface area (Å²) in [7, 11) is 0. The van der Waals surface area contributed by atoms with Crippen LogP contribution in [0.5, 0.6) is 0 Å². The summed E-state index contributed by atoms with van der Waals surface area (Å²) in [5.74, 6) is 0.487. The summed E-state index contributed by atoms with van der Waals surface area (Å²) in [6.45, 7) is 11.2. The monoisotopic (exact) mass is 238 g/mol. The summed E-state index contributed by atoms with van der Waals surface area (Å²) < 4.78 is 0. The Balaban J connectivity index is 1.88. The van der Waals surface area contributed by atoms with Crippen LogP contribution in [-0.4, -0.2) is 53.3 Å². The first-order valence-corrected chi connectivity index (χ1v) is 7.00. The van der Waals surface area contributed by atoms with Crippen molar-refractivity contribution < 1.29 is 4.79 Å². The molecular weight excluding hydrogens is 212 g/mol. The normalized spacial score (nSPS) is 29.6. The second-order valence-electron chi connectivity index (χ2n) is 6.42. The van der Waals surface area contributed by atoms with E-state index in [0.717, 1.165) is 45.4 Å². The van der Waals surface area contributed by atoms with Crippen LogP contribution >= 0.6 is 0 Å².